The molecule has 1 aromatic rings. The van der Waals surface area contributed by atoms with E-state index in [0.717, 1.165) is 6.29 Å². The van der Waals surface area contributed by atoms with Gasteiger partial charge in [-0.05, 0) is 13.8 Å². The minimum absolute atomic E-state index is 0.188. The van der Waals surface area contributed by atoms with Gasteiger partial charge in [0.15, 0.2) is 12.1 Å². The SMILES string of the molecule is CC(C)n1c(C=O)nnc1N(C)C. The van der Waals surface area contributed by atoms with Crippen molar-refractivity contribution in [2.75, 3.05) is 19.0 Å². The summed E-state index contributed by atoms with van der Waals surface area (Å²) in [4.78, 5) is 12.5. The highest BCUT2D eigenvalue weighted by atomic mass is 16.1. The van der Waals surface area contributed by atoms with E-state index >= 15 is 0 Å². The van der Waals surface area contributed by atoms with Crippen LogP contribution in [0.2, 0.25) is 0 Å². The lowest BCUT2D eigenvalue weighted by molar-refractivity contribution is 0.110. The van der Waals surface area contributed by atoms with Crippen LogP contribution in [0.4, 0.5) is 5.95 Å². The summed E-state index contributed by atoms with van der Waals surface area (Å²) in [5.41, 5.74) is 0. The Hall–Kier alpha value is -1.39. The second kappa shape index (κ2) is 3.55. The molecule has 72 valence electrons. The van der Waals surface area contributed by atoms with E-state index in [4.69, 9.17) is 0 Å². The Labute approximate surface area is 77.4 Å². The Bertz CT molecular complexity index is 303. The molecule has 0 N–H and O–H groups in total. The van der Waals surface area contributed by atoms with Gasteiger partial charge < -0.3 is 4.90 Å². The molecular formula is C8H14N4O. The number of rotatable bonds is 3. The van der Waals surface area contributed by atoms with E-state index in [-0.39, 0.29) is 6.04 Å². The molecule has 5 nitrogen and oxygen atoms in total. The molecule has 0 saturated carbocycles. The molecular weight excluding hydrogens is 168 g/mol. The van der Waals surface area contributed by atoms with Crippen molar-refractivity contribution in [2.24, 2.45) is 0 Å². The molecule has 0 atom stereocenters. The van der Waals surface area contributed by atoms with Crippen molar-refractivity contribution in [3.8, 4) is 0 Å². The minimum Gasteiger partial charge on any atom is -0.347 e. The first-order chi connectivity index (χ1) is 6.07. The molecule has 5 heteroatoms. The number of aldehydes is 1. The lowest BCUT2D eigenvalue weighted by Gasteiger charge is -2.16. The van der Waals surface area contributed by atoms with E-state index in [1.807, 2.05) is 32.8 Å². The van der Waals surface area contributed by atoms with Gasteiger partial charge in [-0.15, -0.1) is 10.2 Å². The molecule has 0 unspecified atom stereocenters. The second-order valence-electron chi connectivity index (χ2n) is 3.33. The topological polar surface area (TPSA) is 51.0 Å². The molecule has 1 heterocycles. The van der Waals surface area contributed by atoms with Crippen LogP contribution in [0.15, 0.2) is 0 Å². The first-order valence-electron chi connectivity index (χ1n) is 4.15. The molecule has 0 spiro atoms. The lowest BCUT2D eigenvalue weighted by atomic mass is 10.4. The average molecular weight is 182 g/mol. The van der Waals surface area contributed by atoms with Crippen molar-refractivity contribution in [1.82, 2.24) is 14.8 Å². The van der Waals surface area contributed by atoms with Gasteiger partial charge in [-0.3, -0.25) is 9.36 Å². The molecule has 0 aromatic carbocycles. The van der Waals surface area contributed by atoms with Crippen molar-refractivity contribution in [2.45, 2.75) is 19.9 Å². The maximum absolute atomic E-state index is 10.6. The van der Waals surface area contributed by atoms with Crippen molar-refractivity contribution in [3.63, 3.8) is 0 Å². The van der Waals surface area contributed by atoms with Crippen LogP contribution in [0.25, 0.3) is 0 Å². The van der Waals surface area contributed by atoms with Crippen molar-refractivity contribution >= 4 is 12.2 Å². The Kier molecular flexibility index (Phi) is 2.65. The predicted octanol–water partition coefficient (Wildman–Crippen LogP) is 0.737. The molecule has 0 bridgehead atoms. The van der Waals surface area contributed by atoms with Crippen molar-refractivity contribution < 1.29 is 4.79 Å². The summed E-state index contributed by atoms with van der Waals surface area (Å²) in [7, 11) is 3.74. The van der Waals surface area contributed by atoms with E-state index in [0.29, 0.717) is 11.8 Å². The smallest absolute Gasteiger partial charge is 0.227 e. The quantitative estimate of drug-likeness (QED) is 0.647. The third-order valence-electron chi connectivity index (χ3n) is 1.73. The summed E-state index contributed by atoms with van der Waals surface area (Å²) in [5.74, 6) is 1.08. The zero-order valence-corrected chi connectivity index (χ0v) is 8.35. The molecule has 1 aromatic heterocycles. The Morgan fingerprint density at radius 3 is 2.38 bits per heavy atom. The number of carbonyl (C=O) groups is 1. The molecule has 0 saturated heterocycles. The van der Waals surface area contributed by atoms with Crippen LogP contribution in [0.1, 0.15) is 30.5 Å². The summed E-state index contributed by atoms with van der Waals surface area (Å²) in [6.07, 6.45) is 0.722. The lowest BCUT2D eigenvalue weighted by Crippen LogP contribution is -2.17. The molecule has 13 heavy (non-hydrogen) atoms. The molecule has 0 fully saturated rings. The standard InChI is InChI=1S/C8H14N4O/c1-6(2)12-7(5-13)9-10-8(12)11(3)4/h5-6H,1-4H3. The second-order valence-corrected chi connectivity index (χ2v) is 3.33. The van der Waals surface area contributed by atoms with Crippen LogP contribution in [0.3, 0.4) is 0 Å². The van der Waals surface area contributed by atoms with Crippen molar-refractivity contribution in [3.05, 3.63) is 5.82 Å². The molecule has 0 aliphatic carbocycles. The number of carbonyl (C=O) groups excluding carboxylic acids is 1. The van der Waals surface area contributed by atoms with Crippen molar-refractivity contribution in [1.29, 1.82) is 0 Å². The average Bonchev–Trinajstić information content (AvgIpc) is 2.46. The third-order valence-corrected chi connectivity index (χ3v) is 1.73. The highest BCUT2D eigenvalue weighted by Gasteiger charge is 2.14. The van der Waals surface area contributed by atoms with Crippen LogP contribution >= 0.6 is 0 Å². The Balaban J connectivity index is 3.21. The van der Waals surface area contributed by atoms with Crippen LogP contribution < -0.4 is 4.90 Å². The minimum atomic E-state index is 0.188. The van der Waals surface area contributed by atoms with Crippen LogP contribution in [0, 0.1) is 0 Å². The summed E-state index contributed by atoms with van der Waals surface area (Å²) in [6, 6.07) is 0.188. The first kappa shape index (κ1) is 9.70. The number of hydrogen-bond acceptors (Lipinski definition) is 4. The highest BCUT2D eigenvalue weighted by molar-refractivity contribution is 5.70. The zero-order chi connectivity index (χ0) is 10.0. The summed E-state index contributed by atoms with van der Waals surface area (Å²) in [5, 5.41) is 7.70. The van der Waals surface area contributed by atoms with Gasteiger partial charge in [-0.2, -0.15) is 0 Å². The van der Waals surface area contributed by atoms with E-state index in [1.54, 1.807) is 4.57 Å². The fourth-order valence-electron chi connectivity index (χ4n) is 1.18. The van der Waals surface area contributed by atoms with Gasteiger partial charge in [0.2, 0.25) is 5.95 Å². The maximum atomic E-state index is 10.6. The summed E-state index contributed by atoms with van der Waals surface area (Å²) in [6.45, 7) is 3.98. The van der Waals surface area contributed by atoms with E-state index in [9.17, 15) is 4.79 Å². The fraction of sp³-hybridized carbons (Fsp3) is 0.625. The van der Waals surface area contributed by atoms with Crippen LogP contribution in [0.5, 0.6) is 0 Å². The number of aromatic nitrogens is 3. The largest absolute Gasteiger partial charge is 0.347 e. The van der Waals surface area contributed by atoms with Gasteiger partial charge in [0.25, 0.3) is 0 Å². The summed E-state index contributed by atoms with van der Waals surface area (Å²) >= 11 is 0. The van der Waals surface area contributed by atoms with Gasteiger partial charge in [-0.1, -0.05) is 0 Å². The maximum Gasteiger partial charge on any atom is 0.227 e. The number of anilines is 1. The molecule has 0 radical (unpaired) electrons. The van der Waals surface area contributed by atoms with Gasteiger partial charge in [0, 0.05) is 20.1 Å². The fourth-order valence-corrected chi connectivity index (χ4v) is 1.18. The predicted molar refractivity (Wildman–Crippen MR) is 50.1 cm³/mol. The molecule has 0 aliphatic heterocycles. The zero-order valence-electron chi connectivity index (χ0n) is 8.35. The normalized spacial score (nSPS) is 10.5. The molecule has 1 rings (SSSR count). The van der Waals surface area contributed by atoms with Crippen LogP contribution in [-0.2, 0) is 0 Å². The summed E-state index contributed by atoms with van der Waals surface area (Å²) < 4.78 is 1.80. The Morgan fingerprint density at radius 1 is 1.38 bits per heavy atom. The van der Waals surface area contributed by atoms with Gasteiger partial charge in [0.1, 0.15) is 0 Å². The van der Waals surface area contributed by atoms with Crippen LogP contribution in [-0.4, -0.2) is 35.1 Å². The van der Waals surface area contributed by atoms with E-state index in [2.05, 4.69) is 10.2 Å². The van der Waals surface area contributed by atoms with Gasteiger partial charge >= 0.3 is 0 Å². The third kappa shape index (κ3) is 1.68. The number of nitrogens with zero attached hydrogens (tertiary/aromatic N) is 4. The van der Waals surface area contributed by atoms with Gasteiger partial charge in [-0.25, -0.2) is 0 Å². The monoisotopic (exact) mass is 182 g/mol. The number of hydrogen-bond donors (Lipinski definition) is 0. The van der Waals surface area contributed by atoms with E-state index in [1.165, 1.54) is 0 Å². The highest BCUT2D eigenvalue weighted by Crippen LogP contribution is 2.16. The van der Waals surface area contributed by atoms with Gasteiger partial charge in [0.05, 0.1) is 0 Å². The first-order valence-corrected chi connectivity index (χ1v) is 4.15. The van der Waals surface area contributed by atoms with E-state index < -0.39 is 0 Å². The Morgan fingerprint density at radius 2 is 2.00 bits per heavy atom. The molecule has 0 amide bonds. The molecule has 0 aliphatic rings.